The Hall–Kier alpha value is -1.75. The van der Waals surface area contributed by atoms with Gasteiger partial charge in [0.15, 0.2) is 11.5 Å². The average Bonchev–Trinajstić information content (AvgIpc) is 2.85. The molecule has 0 aromatic heterocycles. The fraction of sp³-hybridized carbons (Fsp3) is 0.500. The third-order valence-corrected chi connectivity index (χ3v) is 3.67. The molecule has 0 unspecified atom stereocenters. The number of rotatable bonds is 3. The van der Waals surface area contributed by atoms with Crippen molar-refractivity contribution in [3.8, 4) is 11.5 Å². The van der Waals surface area contributed by atoms with Crippen molar-refractivity contribution >= 4 is 5.91 Å². The highest BCUT2D eigenvalue weighted by Crippen LogP contribution is 2.37. The largest absolute Gasteiger partial charge is 0.486 e. The van der Waals surface area contributed by atoms with Gasteiger partial charge in [-0.2, -0.15) is 0 Å². The molecule has 3 rings (SSSR count). The highest BCUT2D eigenvalue weighted by molar-refractivity contribution is 5.76. The minimum absolute atomic E-state index is 0.253. The molecule has 2 N–H and O–H groups in total. The predicted octanol–water partition coefficient (Wildman–Crippen LogP) is 1.08. The van der Waals surface area contributed by atoms with Gasteiger partial charge in [0.1, 0.15) is 13.2 Å². The van der Waals surface area contributed by atoms with Gasteiger partial charge in [0.2, 0.25) is 5.91 Å². The van der Waals surface area contributed by atoms with E-state index in [1.807, 2.05) is 12.1 Å². The molecule has 5 nitrogen and oxygen atoms in total. The molecule has 0 spiro atoms. The number of carbonyl (C=O) groups excluding carboxylic acids is 1. The van der Waals surface area contributed by atoms with Crippen LogP contribution in [0.2, 0.25) is 0 Å². The van der Waals surface area contributed by atoms with Crippen molar-refractivity contribution in [1.29, 1.82) is 0 Å². The Morgan fingerprint density at radius 1 is 1.32 bits per heavy atom. The van der Waals surface area contributed by atoms with E-state index in [0.29, 0.717) is 19.8 Å². The fourth-order valence-corrected chi connectivity index (χ4v) is 2.86. The molecule has 102 valence electrons. The topological polar surface area (TPSA) is 64.8 Å². The summed E-state index contributed by atoms with van der Waals surface area (Å²) < 4.78 is 11.1. The summed E-state index contributed by atoms with van der Waals surface area (Å²) in [6, 6.07) is 6.28. The monoisotopic (exact) mass is 262 g/mol. The molecule has 1 atom stereocenters. The molecule has 2 aliphatic rings. The molecule has 1 aromatic carbocycles. The van der Waals surface area contributed by atoms with Crippen LogP contribution in [0.5, 0.6) is 11.5 Å². The molecular formula is C14H18N2O3. The van der Waals surface area contributed by atoms with E-state index in [1.165, 1.54) is 5.56 Å². The summed E-state index contributed by atoms with van der Waals surface area (Å²) in [4.78, 5) is 13.2. The Kier molecular flexibility index (Phi) is 3.29. The van der Waals surface area contributed by atoms with Gasteiger partial charge in [-0.3, -0.25) is 9.69 Å². The van der Waals surface area contributed by atoms with Gasteiger partial charge < -0.3 is 15.2 Å². The zero-order chi connectivity index (χ0) is 13.2. The van der Waals surface area contributed by atoms with E-state index in [2.05, 4.69) is 11.0 Å². The maximum atomic E-state index is 11.1. The van der Waals surface area contributed by atoms with Crippen molar-refractivity contribution in [2.45, 2.75) is 18.9 Å². The molecule has 1 aromatic rings. The Morgan fingerprint density at radius 3 is 2.89 bits per heavy atom. The van der Waals surface area contributed by atoms with Gasteiger partial charge in [-0.05, 0) is 37.1 Å². The third-order valence-electron chi connectivity index (χ3n) is 3.67. The number of likely N-dealkylation sites (tertiary alicyclic amines) is 1. The molecule has 1 saturated heterocycles. The Bertz CT molecular complexity index is 490. The van der Waals surface area contributed by atoms with Crippen LogP contribution in [0.4, 0.5) is 0 Å². The van der Waals surface area contributed by atoms with E-state index in [4.69, 9.17) is 15.2 Å². The first-order valence-electron chi connectivity index (χ1n) is 6.66. The summed E-state index contributed by atoms with van der Waals surface area (Å²) in [5.41, 5.74) is 6.47. The number of primary amides is 1. The van der Waals surface area contributed by atoms with Gasteiger partial charge >= 0.3 is 0 Å². The highest BCUT2D eigenvalue weighted by atomic mass is 16.6. The zero-order valence-electron chi connectivity index (χ0n) is 10.8. The average molecular weight is 262 g/mol. The second kappa shape index (κ2) is 5.09. The predicted molar refractivity (Wildman–Crippen MR) is 70.2 cm³/mol. The standard InChI is InChI=1S/C14H18N2O3/c15-14(17)9-16-5-1-2-11(16)10-3-4-12-13(8-10)19-7-6-18-12/h3-4,8,11H,1-2,5-7,9H2,(H2,15,17)/t11-/m0/s1. The van der Waals surface area contributed by atoms with Crippen LogP contribution in [-0.4, -0.2) is 37.1 Å². The number of nitrogens with zero attached hydrogens (tertiary/aromatic N) is 1. The zero-order valence-corrected chi connectivity index (χ0v) is 10.8. The van der Waals surface area contributed by atoms with Crippen LogP contribution in [-0.2, 0) is 4.79 Å². The maximum Gasteiger partial charge on any atom is 0.231 e. The SMILES string of the molecule is NC(=O)CN1CCC[C@H]1c1ccc2c(c1)OCCO2. The number of hydrogen-bond donors (Lipinski definition) is 1. The number of amides is 1. The van der Waals surface area contributed by atoms with Crippen molar-refractivity contribution in [3.05, 3.63) is 23.8 Å². The summed E-state index contributed by atoms with van der Waals surface area (Å²) in [7, 11) is 0. The lowest BCUT2D eigenvalue weighted by Gasteiger charge is -2.25. The highest BCUT2D eigenvalue weighted by Gasteiger charge is 2.28. The van der Waals surface area contributed by atoms with E-state index in [1.54, 1.807) is 0 Å². The first-order chi connectivity index (χ1) is 9.24. The van der Waals surface area contributed by atoms with Crippen LogP contribution >= 0.6 is 0 Å². The fourth-order valence-electron chi connectivity index (χ4n) is 2.86. The molecule has 0 radical (unpaired) electrons. The van der Waals surface area contributed by atoms with Crippen molar-refractivity contribution in [3.63, 3.8) is 0 Å². The number of carbonyl (C=O) groups is 1. The van der Waals surface area contributed by atoms with Gasteiger partial charge in [-0.25, -0.2) is 0 Å². The van der Waals surface area contributed by atoms with Gasteiger partial charge in [-0.15, -0.1) is 0 Å². The van der Waals surface area contributed by atoms with Crippen LogP contribution in [0, 0.1) is 0 Å². The summed E-state index contributed by atoms with van der Waals surface area (Å²) in [5.74, 6) is 1.33. The summed E-state index contributed by atoms with van der Waals surface area (Å²) in [5, 5.41) is 0. The van der Waals surface area contributed by atoms with Crippen LogP contribution in [0.1, 0.15) is 24.4 Å². The number of ether oxygens (including phenoxy) is 2. The van der Waals surface area contributed by atoms with Gasteiger partial charge in [0.05, 0.1) is 6.54 Å². The molecule has 0 aliphatic carbocycles. The van der Waals surface area contributed by atoms with Gasteiger partial charge in [-0.1, -0.05) is 6.07 Å². The van der Waals surface area contributed by atoms with Gasteiger partial charge in [0.25, 0.3) is 0 Å². The number of benzene rings is 1. The van der Waals surface area contributed by atoms with Crippen molar-refractivity contribution in [2.75, 3.05) is 26.3 Å². The van der Waals surface area contributed by atoms with Crippen LogP contribution < -0.4 is 15.2 Å². The molecule has 2 heterocycles. The lowest BCUT2D eigenvalue weighted by Crippen LogP contribution is -2.33. The summed E-state index contributed by atoms with van der Waals surface area (Å²) >= 11 is 0. The molecule has 19 heavy (non-hydrogen) atoms. The summed E-state index contributed by atoms with van der Waals surface area (Å²) in [6.45, 7) is 2.43. The van der Waals surface area contributed by atoms with E-state index >= 15 is 0 Å². The van der Waals surface area contributed by atoms with E-state index in [-0.39, 0.29) is 11.9 Å². The molecule has 5 heteroatoms. The van der Waals surface area contributed by atoms with E-state index in [0.717, 1.165) is 30.9 Å². The van der Waals surface area contributed by atoms with E-state index in [9.17, 15) is 4.79 Å². The Balaban J connectivity index is 1.82. The van der Waals surface area contributed by atoms with Crippen LogP contribution in [0.15, 0.2) is 18.2 Å². The van der Waals surface area contributed by atoms with Crippen LogP contribution in [0.25, 0.3) is 0 Å². The minimum atomic E-state index is -0.274. The quantitative estimate of drug-likeness (QED) is 0.885. The van der Waals surface area contributed by atoms with Crippen LogP contribution in [0.3, 0.4) is 0 Å². The number of nitrogens with two attached hydrogens (primary N) is 1. The normalized spacial score (nSPS) is 22.4. The van der Waals surface area contributed by atoms with Crippen molar-refractivity contribution in [1.82, 2.24) is 4.90 Å². The lowest BCUT2D eigenvalue weighted by molar-refractivity contribution is -0.119. The minimum Gasteiger partial charge on any atom is -0.486 e. The number of fused-ring (bicyclic) bond motifs is 1. The first kappa shape index (κ1) is 12.3. The van der Waals surface area contributed by atoms with Crippen molar-refractivity contribution in [2.24, 2.45) is 5.73 Å². The maximum absolute atomic E-state index is 11.1. The molecular weight excluding hydrogens is 244 g/mol. The second-order valence-corrected chi connectivity index (χ2v) is 5.00. The summed E-state index contributed by atoms with van der Waals surface area (Å²) in [6.07, 6.45) is 2.14. The number of hydrogen-bond acceptors (Lipinski definition) is 4. The Morgan fingerprint density at radius 2 is 2.11 bits per heavy atom. The van der Waals surface area contributed by atoms with Crippen molar-refractivity contribution < 1.29 is 14.3 Å². The van der Waals surface area contributed by atoms with Gasteiger partial charge in [0, 0.05) is 6.04 Å². The molecule has 2 aliphatic heterocycles. The second-order valence-electron chi connectivity index (χ2n) is 5.00. The Labute approximate surface area is 112 Å². The lowest BCUT2D eigenvalue weighted by atomic mass is 10.0. The molecule has 0 saturated carbocycles. The molecule has 0 bridgehead atoms. The molecule has 1 amide bonds. The third kappa shape index (κ3) is 2.51. The van der Waals surface area contributed by atoms with E-state index < -0.39 is 0 Å². The smallest absolute Gasteiger partial charge is 0.231 e. The first-order valence-corrected chi connectivity index (χ1v) is 6.66. The molecule has 1 fully saturated rings.